The van der Waals surface area contributed by atoms with Gasteiger partial charge in [0.1, 0.15) is 5.82 Å². The summed E-state index contributed by atoms with van der Waals surface area (Å²) in [6, 6.07) is 19.1. The van der Waals surface area contributed by atoms with Crippen LogP contribution in [0, 0.1) is 0 Å². The Bertz CT molecular complexity index is 1050. The summed E-state index contributed by atoms with van der Waals surface area (Å²) < 4.78 is 2.22. The first-order chi connectivity index (χ1) is 12.9. The van der Waals surface area contributed by atoms with Gasteiger partial charge in [0, 0.05) is 37.6 Å². The van der Waals surface area contributed by atoms with Gasteiger partial charge in [0.05, 0.1) is 6.54 Å². The van der Waals surface area contributed by atoms with Gasteiger partial charge >= 0.3 is 0 Å². The van der Waals surface area contributed by atoms with Crippen LogP contribution in [0.3, 0.4) is 0 Å². The number of hydrogen-bond donors (Lipinski definition) is 0. The lowest BCUT2D eigenvalue weighted by Crippen LogP contribution is -2.33. The first kappa shape index (κ1) is 15.2. The summed E-state index contributed by atoms with van der Waals surface area (Å²) in [4.78, 5) is 6.64. The smallest absolute Gasteiger partial charge is 0.165 e. The van der Waals surface area contributed by atoms with Gasteiger partial charge in [0.2, 0.25) is 0 Å². The lowest BCUT2D eigenvalue weighted by atomic mass is 10.0. The topological polar surface area (TPSA) is 46.8 Å². The molecule has 5 nitrogen and oxygen atoms in total. The van der Waals surface area contributed by atoms with E-state index in [1.807, 2.05) is 18.3 Å². The molecule has 128 valence electrons. The molecule has 0 bridgehead atoms. The van der Waals surface area contributed by atoms with E-state index in [1.54, 1.807) is 6.20 Å². The molecule has 26 heavy (non-hydrogen) atoms. The Balaban J connectivity index is 1.41. The van der Waals surface area contributed by atoms with Gasteiger partial charge in [-0.05, 0) is 28.5 Å². The molecule has 1 aliphatic rings. The van der Waals surface area contributed by atoms with E-state index in [2.05, 4.69) is 67.1 Å². The molecule has 4 aromatic rings. The lowest BCUT2D eigenvalue weighted by Gasteiger charge is -2.28. The summed E-state index contributed by atoms with van der Waals surface area (Å²) in [6.45, 7) is 3.63. The first-order valence-corrected chi connectivity index (χ1v) is 8.90. The highest BCUT2D eigenvalue weighted by Crippen LogP contribution is 2.24. The average molecular weight is 341 g/mol. The number of benzene rings is 2. The van der Waals surface area contributed by atoms with Gasteiger partial charge in [0.25, 0.3) is 0 Å². The summed E-state index contributed by atoms with van der Waals surface area (Å²) in [7, 11) is 0. The van der Waals surface area contributed by atoms with Crippen molar-refractivity contribution in [3.05, 3.63) is 78.4 Å². The molecule has 5 heteroatoms. The second-order valence-corrected chi connectivity index (χ2v) is 6.68. The van der Waals surface area contributed by atoms with Gasteiger partial charge in [-0.2, -0.15) is 0 Å². The van der Waals surface area contributed by atoms with Crippen LogP contribution < -0.4 is 0 Å². The monoisotopic (exact) mass is 341 g/mol. The van der Waals surface area contributed by atoms with Crippen LogP contribution in [0.4, 0.5) is 0 Å². The Hall–Kier alpha value is -3.05. The molecule has 0 N–H and O–H groups in total. The number of aromatic nitrogens is 4. The van der Waals surface area contributed by atoms with Crippen molar-refractivity contribution in [2.75, 3.05) is 6.54 Å². The maximum atomic E-state index is 4.43. The molecule has 3 heterocycles. The highest BCUT2D eigenvalue weighted by atomic mass is 15.3. The Kier molecular flexibility index (Phi) is 3.72. The van der Waals surface area contributed by atoms with Crippen molar-refractivity contribution in [2.24, 2.45) is 0 Å². The van der Waals surface area contributed by atoms with Crippen LogP contribution in [0.5, 0.6) is 0 Å². The molecule has 0 spiro atoms. The van der Waals surface area contributed by atoms with E-state index in [0.29, 0.717) is 0 Å². The van der Waals surface area contributed by atoms with Gasteiger partial charge in [-0.1, -0.05) is 42.5 Å². The summed E-state index contributed by atoms with van der Waals surface area (Å²) >= 11 is 0. The van der Waals surface area contributed by atoms with Crippen LogP contribution in [0.25, 0.3) is 22.2 Å². The van der Waals surface area contributed by atoms with Gasteiger partial charge in [0.15, 0.2) is 5.82 Å². The molecule has 5 rings (SSSR count). The Morgan fingerprint density at radius 2 is 1.81 bits per heavy atom. The van der Waals surface area contributed by atoms with Gasteiger partial charge in [-0.25, -0.2) is 0 Å². The predicted molar refractivity (Wildman–Crippen MR) is 101 cm³/mol. The predicted octanol–water partition coefficient (Wildman–Crippen LogP) is 3.51. The summed E-state index contributed by atoms with van der Waals surface area (Å²) in [5.41, 5.74) is 2.39. The Morgan fingerprint density at radius 3 is 2.73 bits per heavy atom. The molecule has 1 aliphatic heterocycles. The third kappa shape index (κ3) is 2.66. The number of fused-ring (bicyclic) bond motifs is 2. The molecule has 0 saturated carbocycles. The van der Waals surface area contributed by atoms with Gasteiger partial charge < -0.3 is 4.57 Å². The van der Waals surface area contributed by atoms with Crippen molar-refractivity contribution >= 4 is 10.8 Å². The third-order valence-corrected chi connectivity index (χ3v) is 5.03. The van der Waals surface area contributed by atoms with E-state index in [4.69, 9.17) is 0 Å². The molecule has 2 aromatic carbocycles. The van der Waals surface area contributed by atoms with Crippen LogP contribution in [0.15, 0.2) is 67.0 Å². The highest BCUT2D eigenvalue weighted by Gasteiger charge is 2.22. The van der Waals surface area contributed by atoms with E-state index in [0.717, 1.165) is 43.4 Å². The molecule has 0 fully saturated rings. The largest absolute Gasteiger partial charge is 0.309 e. The molecular weight excluding hydrogens is 322 g/mol. The van der Waals surface area contributed by atoms with E-state index in [9.17, 15) is 0 Å². The minimum absolute atomic E-state index is 0.816. The zero-order chi connectivity index (χ0) is 17.3. The van der Waals surface area contributed by atoms with Crippen LogP contribution in [0.2, 0.25) is 0 Å². The summed E-state index contributed by atoms with van der Waals surface area (Å²) in [5.74, 6) is 1.94. The highest BCUT2D eigenvalue weighted by molar-refractivity contribution is 5.85. The number of nitrogens with zero attached hydrogens (tertiary/aromatic N) is 5. The molecule has 0 atom stereocenters. The number of rotatable bonds is 3. The zero-order valence-corrected chi connectivity index (χ0v) is 14.4. The average Bonchev–Trinajstić information content (AvgIpc) is 3.12. The molecule has 2 aromatic heterocycles. The van der Waals surface area contributed by atoms with Gasteiger partial charge in [-0.3, -0.25) is 9.88 Å². The second-order valence-electron chi connectivity index (χ2n) is 6.68. The minimum atomic E-state index is 0.816. The quantitative estimate of drug-likeness (QED) is 0.572. The van der Waals surface area contributed by atoms with E-state index < -0.39 is 0 Å². The zero-order valence-electron chi connectivity index (χ0n) is 14.4. The first-order valence-electron chi connectivity index (χ1n) is 8.90. The summed E-state index contributed by atoms with van der Waals surface area (Å²) in [5, 5.41) is 11.5. The second kappa shape index (κ2) is 6.35. The summed E-state index contributed by atoms with van der Waals surface area (Å²) in [6.07, 6.45) is 3.63. The van der Waals surface area contributed by atoms with Crippen LogP contribution in [0.1, 0.15) is 11.4 Å². The Morgan fingerprint density at radius 1 is 0.885 bits per heavy atom. The van der Waals surface area contributed by atoms with Crippen LogP contribution in [-0.2, 0) is 19.6 Å². The maximum absolute atomic E-state index is 4.43. The number of hydrogen-bond acceptors (Lipinski definition) is 4. The molecular formula is C21H19N5. The molecule has 0 saturated heterocycles. The van der Waals surface area contributed by atoms with E-state index >= 15 is 0 Å². The molecule has 0 radical (unpaired) electrons. The van der Waals surface area contributed by atoms with Crippen molar-refractivity contribution in [1.82, 2.24) is 24.6 Å². The lowest BCUT2D eigenvalue weighted by molar-refractivity contribution is 0.210. The maximum Gasteiger partial charge on any atom is 0.165 e. The van der Waals surface area contributed by atoms with E-state index in [-0.39, 0.29) is 0 Å². The normalized spacial score (nSPS) is 14.5. The van der Waals surface area contributed by atoms with Crippen molar-refractivity contribution < 1.29 is 0 Å². The molecule has 0 aliphatic carbocycles. The van der Waals surface area contributed by atoms with Crippen molar-refractivity contribution in [2.45, 2.75) is 19.6 Å². The standard InChI is InChI=1S/C21H19N5/c1-2-9-19-16(5-1)6-3-7-18(19)14-25-11-12-26-20(15-25)23-24-21(26)17-8-4-10-22-13-17/h1-10,13H,11-12,14-15H2. The third-order valence-electron chi connectivity index (χ3n) is 5.03. The van der Waals surface area contributed by atoms with Crippen LogP contribution in [-0.4, -0.2) is 31.2 Å². The fourth-order valence-electron chi connectivity index (χ4n) is 3.72. The minimum Gasteiger partial charge on any atom is -0.309 e. The van der Waals surface area contributed by atoms with E-state index in [1.165, 1.54) is 16.3 Å². The fraction of sp³-hybridized carbons (Fsp3) is 0.190. The van der Waals surface area contributed by atoms with Crippen molar-refractivity contribution in [3.8, 4) is 11.4 Å². The van der Waals surface area contributed by atoms with Crippen molar-refractivity contribution in [3.63, 3.8) is 0 Å². The SMILES string of the molecule is c1cncc(-c2nnc3n2CCN(Cc2cccc4ccccc24)C3)c1. The molecule has 0 amide bonds. The van der Waals surface area contributed by atoms with Gasteiger partial charge in [-0.15, -0.1) is 10.2 Å². The Labute approximate surface area is 151 Å². The number of pyridine rings is 1. The van der Waals surface area contributed by atoms with Crippen LogP contribution >= 0.6 is 0 Å². The fourth-order valence-corrected chi connectivity index (χ4v) is 3.72. The molecule has 0 unspecified atom stereocenters. The van der Waals surface area contributed by atoms with Crippen molar-refractivity contribution in [1.29, 1.82) is 0 Å².